The number of allylic oxidation sites excluding steroid dienone is 1. The molecule has 0 N–H and O–H groups in total. The maximum absolute atomic E-state index is 12.2. The number of ether oxygens (including phenoxy) is 1. The average Bonchev–Trinajstić information content (AvgIpc) is 2.68. The minimum atomic E-state index is -0.698. The van der Waals surface area contributed by atoms with Crippen molar-refractivity contribution in [3.05, 3.63) is 27.6 Å². The summed E-state index contributed by atoms with van der Waals surface area (Å²) in [6, 6.07) is 0. The number of fused-ring (bicyclic) bond motifs is 2. The zero-order valence-electron chi connectivity index (χ0n) is 11.6. The van der Waals surface area contributed by atoms with E-state index in [0.29, 0.717) is 21.5 Å². The maximum Gasteiger partial charge on any atom is 0.205 e. The molecule has 1 aromatic heterocycles. The number of Topliss-reactive ketones (excluding diaryl/α,β-unsaturated/α-hetero) is 1. The molecule has 3 rings (SSSR count). The van der Waals surface area contributed by atoms with Gasteiger partial charge in [-0.2, -0.15) is 0 Å². The number of ketones is 1. The number of carbonyl (C=O) groups excluding carboxylic acids is 1. The Balaban J connectivity index is 2.27. The number of rotatable bonds is 0. The summed E-state index contributed by atoms with van der Waals surface area (Å²) < 4.78 is 11.9. The summed E-state index contributed by atoms with van der Waals surface area (Å²) in [5.41, 5.74) is -0.0597. The molecule has 2 heterocycles. The lowest BCUT2D eigenvalue weighted by atomic mass is 9.56. The smallest absolute Gasteiger partial charge is 0.205 e. The third-order valence-corrected chi connectivity index (χ3v) is 5.43. The standard InChI is InChI=1S/C14H16BrNO3/c1-7-9-10(17)8(15)6-14(11(9)16-18-7)12(2,3)13(4,5)19-14/h6H,1-5H3. The van der Waals surface area contributed by atoms with E-state index in [1.165, 1.54) is 0 Å². The Bertz CT molecular complexity index is 627. The quantitative estimate of drug-likeness (QED) is 0.732. The van der Waals surface area contributed by atoms with Crippen LogP contribution in [0.1, 0.15) is 49.5 Å². The van der Waals surface area contributed by atoms with Gasteiger partial charge in [-0.3, -0.25) is 4.79 Å². The molecule has 4 nitrogen and oxygen atoms in total. The first-order valence-electron chi connectivity index (χ1n) is 6.24. The van der Waals surface area contributed by atoms with Crippen LogP contribution in [0.5, 0.6) is 0 Å². The molecule has 102 valence electrons. The van der Waals surface area contributed by atoms with Crippen LogP contribution in [0.3, 0.4) is 0 Å². The van der Waals surface area contributed by atoms with Gasteiger partial charge in [-0.25, -0.2) is 0 Å². The van der Waals surface area contributed by atoms with Crippen LogP contribution in [0.25, 0.3) is 0 Å². The van der Waals surface area contributed by atoms with E-state index in [1.54, 1.807) is 6.92 Å². The first-order valence-corrected chi connectivity index (χ1v) is 7.03. The molecule has 0 saturated carbocycles. The van der Waals surface area contributed by atoms with Gasteiger partial charge in [0.15, 0.2) is 0 Å². The second-order valence-electron chi connectivity index (χ2n) is 6.26. The summed E-state index contributed by atoms with van der Waals surface area (Å²) in [6.07, 6.45) is 1.82. The van der Waals surface area contributed by atoms with Gasteiger partial charge in [-0.15, -0.1) is 0 Å². The molecule has 1 aliphatic carbocycles. The number of aromatic nitrogens is 1. The van der Waals surface area contributed by atoms with E-state index >= 15 is 0 Å². The number of halogens is 1. The summed E-state index contributed by atoms with van der Waals surface area (Å²) in [7, 11) is 0. The van der Waals surface area contributed by atoms with Gasteiger partial charge in [0, 0.05) is 5.41 Å². The number of hydrogen-bond acceptors (Lipinski definition) is 4. The minimum Gasteiger partial charge on any atom is -0.361 e. The molecule has 1 unspecified atom stereocenters. The number of carbonyl (C=O) groups is 1. The molecular formula is C14H16BrNO3. The number of nitrogens with zero attached hydrogens (tertiary/aromatic N) is 1. The van der Waals surface area contributed by atoms with Gasteiger partial charge < -0.3 is 9.26 Å². The van der Waals surface area contributed by atoms with E-state index in [4.69, 9.17) is 9.26 Å². The zero-order chi connectivity index (χ0) is 14.2. The highest BCUT2D eigenvalue weighted by Gasteiger charge is 2.69. The summed E-state index contributed by atoms with van der Waals surface area (Å²) in [6.45, 7) is 10.1. The van der Waals surface area contributed by atoms with Crippen LogP contribution in [-0.4, -0.2) is 16.5 Å². The van der Waals surface area contributed by atoms with Crippen molar-refractivity contribution in [2.75, 3.05) is 0 Å². The van der Waals surface area contributed by atoms with E-state index in [2.05, 4.69) is 34.9 Å². The summed E-state index contributed by atoms with van der Waals surface area (Å²) in [5, 5.41) is 4.09. The minimum absolute atomic E-state index is 0.0940. The third kappa shape index (κ3) is 1.28. The van der Waals surface area contributed by atoms with Crippen LogP contribution < -0.4 is 0 Å². The van der Waals surface area contributed by atoms with Gasteiger partial charge in [-0.05, 0) is 42.8 Å². The fourth-order valence-electron chi connectivity index (χ4n) is 2.94. The topological polar surface area (TPSA) is 52.3 Å². The summed E-state index contributed by atoms with van der Waals surface area (Å²) in [5.74, 6) is 0.442. The van der Waals surface area contributed by atoms with Crippen LogP contribution >= 0.6 is 15.9 Å². The molecule has 19 heavy (non-hydrogen) atoms. The van der Waals surface area contributed by atoms with E-state index in [0.717, 1.165) is 0 Å². The highest BCUT2D eigenvalue weighted by atomic mass is 79.9. The van der Waals surface area contributed by atoms with E-state index in [-0.39, 0.29) is 16.8 Å². The van der Waals surface area contributed by atoms with Crippen molar-refractivity contribution in [1.82, 2.24) is 5.16 Å². The Labute approximate surface area is 120 Å². The molecule has 0 aromatic carbocycles. The molecule has 1 aromatic rings. The van der Waals surface area contributed by atoms with E-state index in [9.17, 15) is 4.79 Å². The second-order valence-corrected chi connectivity index (χ2v) is 7.11. The first-order chi connectivity index (χ1) is 8.64. The molecule has 1 aliphatic heterocycles. The Morgan fingerprint density at radius 2 is 1.89 bits per heavy atom. The van der Waals surface area contributed by atoms with Crippen molar-refractivity contribution in [3.8, 4) is 0 Å². The van der Waals surface area contributed by atoms with Crippen molar-refractivity contribution in [2.24, 2.45) is 5.41 Å². The molecule has 1 fully saturated rings. The molecule has 0 radical (unpaired) electrons. The van der Waals surface area contributed by atoms with Crippen LogP contribution in [0, 0.1) is 12.3 Å². The Hall–Kier alpha value is -0.940. The van der Waals surface area contributed by atoms with Crippen molar-refractivity contribution in [3.63, 3.8) is 0 Å². The molecule has 0 bridgehead atoms. The fourth-order valence-corrected chi connectivity index (χ4v) is 3.46. The Kier molecular flexibility index (Phi) is 2.33. The fraction of sp³-hybridized carbons (Fsp3) is 0.571. The Morgan fingerprint density at radius 1 is 1.26 bits per heavy atom. The van der Waals surface area contributed by atoms with Crippen molar-refractivity contribution >= 4 is 21.7 Å². The summed E-state index contributed by atoms with van der Waals surface area (Å²) >= 11 is 3.34. The van der Waals surface area contributed by atoms with E-state index < -0.39 is 5.60 Å². The predicted molar refractivity (Wildman–Crippen MR) is 73.2 cm³/mol. The summed E-state index contributed by atoms with van der Waals surface area (Å²) in [4.78, 5) is 12.2. The molecule has 1 saturated heterocycles. The largest absolute Gasteiger partial charge is 0.361 e. The van der Waals surface area contributed by atoms with Crippen molar-refractivity contribution in [2.45, 2.75) is 45.8 Å². The van der Waals surface area contributed by atoms with Gasteiger partial charge in [0.1, 0.15) is 17.1 Å². The van der Waals surface area contributed by atoms with Crippen LogP contribution in [-0.2, 0) is 10.3 Å². The SMILES string of the molecule is Cc1onc2c1C(=O)C(Br)=CC21OC(C)(C)C1(C)C. The molecule has 2 aliphatic rings. The van der Waals surface area contributed by atoms with Gasteiger partial charge in [0.05, 0.1) is 15.6 Å². The molecular weight excluding hydrogens is 310 g/mol. The third-order valence-electron chi connectivity index (χ3n) is 4.84. The van der Waals surface area contributed by atoms with Crippen LogP contribution in [0.4, 0.5) is 0 Å². The van der Waals surface area contributed by atoms with E-state index in [1.807, 2.05) is 19.9 Å². The lowest BCUT2D eigenvalue weighted by Gasteiger charge is -2.65. The lowest BCUT2D eigenvalue weighted by molar-refractivity contribution is -0.343. The number of aryl methyl sites for hydroxylation is 1. The van der Waals surface area contributed by atoms with Gasteiger partial charge in [0.2, 0.25) is 5.78 Å². The predicted octanol–water partition coefficient (Wildman–Crippen LogP) is 3.49. The van der Waals surface area contributed by atoms with Crippen LogP contribution in [0.15, 0.2) is 15.1 Å². The molecule has 1 spiro atoms. The molecule has 5 heteroatoms. The van der Waals surface area contributed by atoms with Gasteiger partial charge in [-0.1, -0.05) is 19.0 Å². The highest BCUT2D eigenvalue weighted by molar-refractivity contribution is 9.12. The average molecular weight is 326 g/mol. The van der Waals surface area contributed by atoms with Crippen LogP contribution in [0.2, 0.25) is 0 Å². The molecule has 1 atom stereocenters. The van der Waals surface area contributed by atoms with Crippen molar-refractivity contribution in [1.29, 1.82) is 0 Å². The first kappa shape index (κ1) is 13.1. The van der Waals surface area contributed by atoms with Crippen molar-refractivity contribution < 1.29 is 14.1 Å². The monoisotopic (exact) mass is 325 g/mol. The molecule has 0 amide bonds. The van der Waals surface area contributed by atoms with Gasteiger partial charge in [0.25, 0.3) is 0 Å². The van der Waals surface area contributed by atoms with Gasteiger partial charge >= 0.3 is 0 Å². The lowest BCUT2D eigenvalue weighted by Crippen LogP contribution is -2.69. The normalized spacial score (nSPS) is 30.8. The zero-order valence-corrected chi connectivity index (χ0v) is 13.2. The number of hydrogen-bond donors (Lipinski definition) is 0. The Morgan fingerprint density at radius 3 is 2.42 bits per heavy atom. The maximum atomic E-state index is 12.2. The second kappa shape index (κ2) is 3.38. The highest BCUT2D eigenvalue weighted by Crippen LogP contribution is 2.64.